The van der Waals surface area contributed by atoms with Crippen LogP contribution in [-0.4, -0.2) is 31.5 Å². The van der Waals surface area contributed by atoms with Gasteiger partial charge in [0.2, 0.25) is 16.9 Å². The number of hydrogen-bond donors (Lipinski definition) is 2. The monoisotopic (exact) mass is 344 g/mol. The average molecular weight is 344 g/mol. The molecule has 0 spiro atoms. The van der Waals surface area contributed by atoms with Gasteiger partial charge in [-0.3, -0.25) is 4.79 Å². The Morgan fingerprint density at radius 2 is 1.68 bits per heavy atom. The molecular formula is C18H16O7. The normalized spacial score (nSPS) is 10.7. The first kappa shape index (κ1) is 16.5. The van der Waals surface area contributed by atoms with Gasteiger partial charge in [-0.15, -0.1) is 0 Å². The Kier molecular flexibility index (Phi) is 4.14. The van der Waals surface area contributed by atoms with Gasteiger partial charge in [-0.05, 0) is 23.8 Å². The Morgan fingerprint density at radius 3 is 2.28 bits per heavy atom. The van der Waals surface area contributed by atoms with Crippen molar-refractivity contribution in [3.63, 3.8) is 0 Å². The Bertz CT molecular complexity index is 1000. The summed E-state index contributed by atoms with van der Waals surface area (Å²) in [6, 6.07) is 5.97. The number of methoxy groups -OCH3 is 3. The second kappa shape index (κ2) is 6.27. The van der Waals surface area contributed by atoms with E-state index in [4.69, 9.17) is 18.6 Å². The fraction of sp³-hybridized carbons (Fsp3) is 0.167. The first-order valence-electron chi connectivity index (χ1n) is 7.28. The predicted octanol–water partition coefficient (Wildman–Crippen LogP) is 2.90. The average Bonchev–Trinajstić information content (AvgIpc) is 2.61. The third kappa shape index (κ3) is 2.59. The van der Waals surface area contributed by atoms with E-state index in [1.165, 1.54) is 39.7 Å². The quantitative estimate of drug-likeness (QED) is 0.751. The van der Waals surface area contributed by atoms with Gasteiger partial charge in [-0.2, -0.15) is 0 Å². The molecule has 0 aliphatic carbocycles. The summed E-state index contributed by atoms with van der Waals surface area (Å²) in [6.07, 6.45) is 1.25. The number of fused-ring (bicyclic) bond motifs is 1. The number of benzene rings is 2. The summed E-state index contributed by atoms with van der Waals surface area (Å²) in [5, 5.41) is 20.2. The van der Waals surface area contributed by atoms with Gasteiger partial charge in [0.25, 0.3) is 0 Å². The molecule has 1 aromatic heterocycles. The number of hydrogen-bond acceptors (Lipinski definition) is 7. The topological polar surface area (TPSA) is 98.4 Å². The maximum atomic E-state index is 12.9. The SMILES string of the molecule is COc1ccc(-c2coc3c(OC)c(O)c(OC)cc3c2=O)cc1O. The van der Waals surface area contributed by atoms with E-state index < -0.39 is 0 Å². The molecule has 0 unspecified atom stereocenters. The third-order valence-corrected chi connectivity index (χ3v) is 3.87. The lowest BCUT2D eigenvalue weighted by atomic mass is 10.0. The Morgan fingerprint density at radius 1 is 0.960 bits per heavy atom. The van der Waals surface area contributed by atoms with Crippen molar-refractivity contribution < 1.29 is 28.8 Å². The maximum Gasteiger partial charge on any atom is 0.208 e. The molecule has 0 fully saturated rings. The lowest BCUT2D eigenvalue weighted by Crippen LogP contribution is -2.06. The standard InChI is InChI=1S/C18H16O7/c1-22-13-5-4-9(6-12(13)19)11-8-25-17-10(15(11)20)7-14(23-2)16(21)18(17)24-3/h4-8,19,21H,1-3H3. The molecule has 7 nitrogen and oxygen atoms in total. The van der Waals surface area contributed by atoms with Gasteiger partial charge in [-0.1, -0.05) is 6.07 Å². The second-order valence-corrected chi connectivity index (χ2v) is 5.20. The van der Waals surface area contributed by atoms with Crippen LogP contribution in [0.25, 0.3) is 22.1 Å². The van der Waals surface area contributed by atoms with Crippen molar-refractivity contribution in [2.45, 2.75) is 0 Å². The molecule has 2 aromatic carbocycles. The van der Waals surface area contributed by atoms with Crippen LogP contribution in [0.5, 0.6) is 28.7 Å². The molecule has 0 atom stereocenters. The summed E-state index contributed by atoms with van der Waals surface area (Å²) >= 11 is 0. The lowest BCUT2D eigenvalue weighted by Gasteiger charge is -2.11. The van der Waals surface area contributed by atoms with Crippen LogP contribution in [0.15, 0.2) is 39.7 Å². The zero-order valence-corrected chi connectivity index (χ0v) is 13.8. The second-order valence-electron chi connectivity index (χ2n) is 5.20. The van der Waals surface area contributed by atoms with E-state index in [-0.39, 0.29) is 45.0 Å². The van der Waals surface area contributed by atoms with Crippen LogP contribution in [0, 0.1) is 0 Å². The van der Waals surface area contributed by atoms with Crippen LogP contribution in [0.4, 0.5) is 0 Å². The highest BCUT2D eigenvalue weighted by Gasteiger charge is 2.20. The van der Waals surface area contributed by atoms with Gasteiger partial charge in [0.05, 0.1) is 32.3 Å². The van der Waals surface area contributed by atoms with E-state index in [9.17, 15) is 15.0 Å². The first-order valence-corrected chi connectivity index (χ1v) is 7.28. The van der Waals surface area contributed by atoms with Crippen molar-refractivity contribution in [1.82, 2.24) is 0 Å². The molecule has 0 aliphatic heterocycles. The van der Waals surface area contributed by atoms with Crippen LogP contribution in [0.3, 0.4) is 0 Å². The molecule has 2 N–H and O–H groups in total. The largest absolute Gasteiger partial charge is 0.504 e. The molecule has 0 saturated heterocycles. The number of rotatable bonds is 4. The Labute approximate surface area is 142 Å². The van der Waals surface area contributed by atoms with Gasteiger partial charge < -0.3 is 28.8 Å². The summed E-state index contributed by atoms with van der Waals surface area (Å²) in [6.45, 7) is 0. The van der Waals surface area contributed by atoms with Crippen molar-refractivity contribution in [1.29, 1.82) is 0 Å². The fourth-order valence-corrected chi connectivity index (χ4v) is 2.61. The van der Waals surface area contributed by atoms with Crippen molar-refractivity contribution in [3.8, 4) is 39.9 Å². The van der Waals surface area contributed by atoms with Crippen molar-refractivity contribution in [2.24, 2.45) is 0 Å². The molecule has 0 radical (unpaired) electrons. The fourth-order valence-electron chi connectivity index (χ4n) is 2.61. The number of phenols is 2. The molecule has 3 aromatic rings. The Hall–Kier alpha value is -3.35. The van der Waals surface area contributed by atoms with Gasteiger partial charge >= 0.3 is 0 Å². The van der Waals surface area contributed by atoms with Gasteiger partial charge in [0.15, 0.2) is 22.8 Å². The summed E-state index contributed by atoms with van der Waals surface area (Å²) in [7, 11) is 4.15. The van der Waals surface area contributed by atoms with E-state index in [0.717, 1.165) is 0 Å². The first-order chi connectivity index (χ1) is 12.0. The molecule has 25 heavy (non-hydrogen) atoms. The van der Waals surface area contributed by atoms with Gasteiger partial charge in [0, 0.05) is 0 Å². The van der Waals surface area contributed by atoms with Crippen LogP contribution >= 0.6 is 0 Å². The molecular weight excluding hydrogens is 328 g/mol. The molecule has 7 heteroatoms. The highest BCUT2D eigenvalue weighted by molar-refractivity contribution is 5.90. The highest BCUT2D eigenvalue weighted by atomic mass is 16.5. The molecule has 0 saturated carbocycles. The van der Waals surface area contributed by atoms with E-state index in [2.05, 4.69) is 0 Å². The zero-order valence-electron chi connectivity index (χ0n) is 13.8. The number of phenolic OH excluding ortho intramolecular Hbond substituents is 2. The van der Waals surface area contributed by atoms with E-state index in [1.807, 2.05) is 0 Å². The third-order valence-electron chi connectivity index (χ3n) is 3.87. The molecule has 3 rings (SSSR count). The minimum absolute atomic E-state index is 0.00979. The number of aromatic hydroxyl groups is 2. The van der Waals surface area contributed by atoms with E-state index in [0.29, 0.717) is 11.3 Å². The van der Waals surface area contributed by atoms with Crippen molar-refractivity contribution in [2.75, 3.05) is 21.3 Å². The molecule has 130 valence electrons. The zero-order chi connectivity index (χ0) is 18.1. The molecule has 1 heterocycles. The minimum Gasteiger partial charge on any atom is -0.504 e. The number of ether oxygens (including phenoxy) is 3. The summed E-state index contributed by atoms with van der Waals surface area (Å²) in [4.78, 5) is 12.9. The minimum atomic E-state index is -0.359. The van der Waals surface area contributed by atoms with E-state index in [1.54, 1.807) is 12.1 Å². The van der Waals surface area contributed by atoms with E-state index >= 15 is 0 Å². The molecule has 0 bridgehead atoms. The summed E-state index contributed by atoms with van der Waals surface area (Å²) in [5.41, 5.74) is 0.440. The lowest BCUT2D eigenvalue weighted by molar-refractivity contribution is 0.339. The maximum absolute atomic E-state index is 12.9. The summed E-state index contributed by atoms with van der Waals surface area (Å²) < 4.78 is 20.7. The molecule has 0 aliphatic rings. The van der Waals surface area contributed by atoms with Gasteiger partial charge in [-0.25, -0.2) is 0 Å². The van der Waals surface area contributed by atoms with Crippen molar-refractivity contribution >= 4 is 11.0 Å². The van der Waals surface area contributed by atoms with Crippen molar-refractivity contribution in [3.05, 3.63) is 40.8 Å². The van der Waals surface area contributed by atoms with Crippen LogP contribution in [0.2, 0.25) is 0 Å². The van der Waals surface area contributed by atoms with Crippen LogP contribution < -0.4 is 19.6 Å². The predicted molar refractivity (Wildman–Crippen MR) is 90.9 cm³/mol. The Balaban J connectivity index is 2.29. The van der Waals surface area contributed by atoms with Crippen LogP contribution in [-0.2, 0) is 0 Å². The van der Waals surface area contributed by atoms with Gasteiger partial charge in [0.1, 0.15) is 6.26 Å². The van der Waals surface area contributed by atoms with Crippen LogP contribution in [0.1, 0.15) is 0 Å². The summed E-state index contributed by atoms with van der Waals surface area (Å²) in [5.74, 6) is 0.0417. The molecule has 0 amide bonds. The smallest absolute Gasteiger partial charge is 0.208 e. The highest BCUT2D eigenvalue weighted by Crippen LogP contribution is 2.42.